The summed E-state index contributed by atoms with van der Waals surface area (Å²) in [5, 5.41) is 137. The van der Waals surface area contributed by atoms with Crippen molar-refractivity contribution in [2.45, 2.75) is 200 Å². The van der Waals surface area contributed by atoms with E-state index in [0.29, 0.717) is 0 Å². The second-order valence-corrected chi connectivity index (χ2v) is 30.2. The van der Waals surface area contributed by atoms with Crippen molar-refractivity contribution in [3.63, 3.8) is 0 Å². The third kappa shape index (κ3) is 54.0. The fourth-order valence-corrected chi connectivity index (χ4v) is 13.1. The van der Waals surface area contributed by atoms with Gasteiger partial charge in [-0.3, -0.25) is 112 Å². The normalized spacial score (nSPS) is 13.3. The summed E-state index contributed by atoms with van der Waals surface area (Å²) in [4.78, 5) is 182. The van der Waals surface area contributed by atoms with Gasteiger partial charge >= 0.3 is 17.8 Å². The number of halogens is 3. The van der Waals surface area contributed by atoms with Crippen LogP contribution in [0.2, 0.25) is 0 Å². The molecule has 1 rings (SSSR count). The molecular weight excluding hydrogens is 1740 g/mol. The smallest absolute Gasteiger partial charge is 0.475 e. The van der Waals surface area contributed by atoms with Crippen LogP contribution >= 0.6 is 21.6 Å². The number of hydrogen-bond acceptors (Lipinski definition) is 27. The van der Waals surface area contributed by atoms with Crippen molar-refractivity contribution in [2.75, 3.05) is 64.7 Å². The number of primary amides is 1. The Hall–Kier alpha value is -13.9. The second-order valence-electron chi connectivity index (χ2n) is 27.9. The lowest BCUT2D eigenvalue weighted by Gasteiger charge is -2.29. The summed E-state index contributed by atoms with van der Waals surface area (Å²) in [6, 6.07) is -13.9. The molecule has 0 spiro atoms. The zero-order valence-electron chi connectivity index (χ0n) is 70.2. The van der Waals surface area contributed by atoms with Crippen LogP contribution in [0.3, 0.4) is 0 Å². The Labute approximate surface area is 740 Å². The number of guanidine groups is 9. The summed E-state index contributed by atoms with van der Waals surface area (Å²) in [6.07, 6.45) is -5.44. The van der Waals surface area contributed by atoms with Crippen molar-refractivity contribution in [1.82, 2.24) is 106 Å². The zero-order valence-corrected chi connectivity index (χ0v) is 71.9. The van der Waals surface area contributed by atoms with E-state index in [2.05, 4.69) is 106 Å². The SMILES string of the molecule is CC(NC(=O)C(N)CSSc1ncccc1[N+](=O)[O-])C(=O)NC(CCCNC(=N)N)C(=O)NC(CCCNC(=N)N)C(=O)NC(CCCNC(=N)N)C(=O)NC(CCCNC(=N)N)C(=O)NC(CCCNC(=N)N)C(=O)NC(CCCNC(=N)N)C(=O)NC(CCCNC(=N)N)C(=O)NC(CCCNC(=N)N)C(=O)NC(CCCNC(=N)N)C(N)=O.O=C(O)C(F)(F)F. The number of carboxylic acids is 1. The molecule has 720 valence electrons. The first-order chi connectivity index (χ1) is 60.1. The van der Waals surface area contributed by atoms with Gasteiger partial charge in [0.15, 0.2) is 58.7 Å². The van der Waals surface area contributed by atoms with Gasteiger partial charge in [0.2, 0.25) is 65.0 Å². The van der Waals surface area contributed by atoms with Crippen LogP contribution in [0, 0.1) is 58.8 Å². The van der Waals surface area contributed by atoms with Gasteiger partial charge in [-0.2, -0.15) is 13.2 Å². The van der Waals surface area contributed by atoms with Crippen molar-refractivity contribution in [2.24, 2.45) is 63.1 Å². The van der Waals surface area contributed by atoms with Gasteiger partial charge < -0.3 is 169 Å². The number of pyridine rings is 1. The molecule has 61 heteroatoms. The van der Waals surface area contributed by atoms with Crippen LogP contribution in [0.15, 0.2) is 23.4 Å². The second kappa shape index (κ2) is 63.1. The minimum atomic E-state index is -5.08. The van der Waals surface area contributed by atoms with Gasteiger partial charge in [-0.15, -0.1) is 0 Å². The van der Waals surface area contributed by atoms with Crippen molar-refractivity contribution >= 4 is 152 Å². The first kappa shape index (κ1) is 114. The molecule has 0 bridgehead atoms. The van der Waals surface area contributed by atoms with Gasteiger partial charge in [0.05, 0.1) is 11.0 Å². The molecule has 11 amide bonds. The Kier molecular flexibility index (Phi) is 56.2. The highest BCUT2D eigenvalue weighted by Crippen LogP contribution is 2.35. The number of aromatic nitrogens is 1. The van der Waals surface area contributed by atoms with Crippen LogP contribution in [0.25, 0.3) is 0 Å². The van der Waals surface area contributed by atoms with E-state index in [1.54, 1.807) is 0 Å². The van der Waals surface area contributed by atoms with E-state index >= 15 is 4.79 Å². The number of carboxylic acid groups (broad SMARTS) is 1. The standard InChI is InChI=1S/C65H123N41O13S2.C2HF3O2/c1-33(96-47(109)34(66)32-120-121-56-44(106(118)119)21-11-22-86-56)46(108)98-36(13-3-24-88-58(70)71)49(111)100-38(15-5-26-90-60(74)75)51(113)102-40(17-7-28-92-62(78)79)53(115)104-42(19-9-30-94-64(82)83)55(117)105-43(20-10-31-95-65(84)85)54(116)103-41(18-8-29-93-63(80)81)52(114)101-39(16-6-27-91-61(76)77)50(112)99-37(14-4-25-89-59(72)73)48(110)97-35(45(67)107)12-2-23-87-57(68)69;3-2(4,5)1(6)7/h11,21-22,33-43H,2-10,12-20,23-32,66H2,1H3,(H2,67,107)(H,96,109)(H,97,110)(H,98,108)(H,99,112)(H,100,111)(H,101,114)(H,102,113)(H,103,116)(H,104,115)(H,105,117)(H4,68,69,87)(H4,70,71,88)(H4,72,73,89)(H4,74,75,90)(H4,76,77,91)(H4,78,79,92)(H4,80,81,93)(H4,82,83,94)(H4,84,85,95);(H,6,7). The third-order valence-electron chi connectivity index (χ3n) is 17.3. The Morgan fingerprint density at radius 3 is 0.781 bits per heavy atom. The summed E-state index contributed by atoms with van der Waals surface area (Å²) in [5.74, 6) is -17.5. The predicted octanol–water partition coefficient (Wildman–Crippen LogP) is -10.6. The fourth-order valence-electron chi connectivity index (χ4n) is 10.9. The van der Waals surface area contributed by atoms with Crippen LogP contribution in [0.4, 0.5) is 18.9 Å². The summed E-state index contributed by atoms with van der Waals surface area (Å²) >= 11 is 0. The molecule has 0 saturated heterocycles. The highest BCUT2D eigenvalue weighted by Gasteiger charge is 2.39. The van der Waals surface area contributed by atoms with Gasteiger partial charge in [0.25, 0.3) is 0 Å². The van der Waals surface area contributed by atoms with Crippen LogP contribution < -0.4 is 164 Å². The minimum Gasteiger partial charge on any atom is -0.475 e. The van der Waals surface area contributed by atoms with E-state index in [9.17, 15) is 71.2 Å². The lowest BCUT2D eigenvalue weighted by atomic mass is 10.0. The molecule has 51 N–H and O–H groups in total. The molecule has 1 aromatic heterocycles. The maximum atomic E-state index is 15.0. The molecule has 1 aromatic rings. The predicted molar refractivity (Wildman–Crippen MR) is 467 cm³/mol. The molecule has 128 heavy (non-hydrogen) atoms. The van der Waals surface area contributed by atoms with Crippen molar-refractivity contribution < 1.29 is 80.7 Å². The third-order valence-corrected chi connectivity index (χ3v) is 19.6. The van der Waals surface area contributed by atoms with E-state index in [0.717, 1.165) is 21.6 Å². The molecule has 0 aromatic carbocycles. The number of nitrogens with zero attached hydrogens (tertiary/aromatic N) is 2. The van der Waals surface area contributed by atoms with Crippen LogP contribution in [-0.2, 0) is 57.5 Å². The molecule has 0 aliphatic heterocycles. The average Bonchev–Trinajstić information content (AvgIpc) is 0.859. The number of carbonyl (C=O) groups excluding carboxylic acids is 11. The monoisotopic (exact) mass is 1860 g/mol. The lowest BCUT2D eigenvalue weighted by molar-refractivity contribution is -0.388. The number of nitrogens with one attached hydrogen (secondary N) is 28. The number of hydrogen-bond donors (Lipinski definition) is 40. The molecular formula is C67H124F3N41O15S2. The Balaban J connectivity index is 0.0000220. The van der Waals surface area contributed by atoms with Gasteiger partial charge in [-0.05, 0) is 139 Å². The zero-order chi connectivity index (χ0) is 97.2. The highest BCUT2D eigenvalue weighted by atomic mass is 33.1. The number of alkyl halides is 3. The first-order valence-electron chi connectivity index (χ1n) is 39.5. The number of aliphatic carboxylic acids is 1. The van der Waals surface area contributed by atoms with Gasteiger partial charge in [-0.1, -0.05) is 10.8 Å². The summed E-state index contributed by atoms with van der Waals surface area (Å²) in [7, 11) is 1.88. The maximum absolute atomic E-state index is 15.0. The Morgan fingerprint density at radius 1 is 0.383 bits per heavy atom. The van der Waals surface area contributed by atoms with Crippen molar-refractivity contribution in [3.05, 3.63) is 28.4 Å². The topological polar surface area (TPSA) is 1010 Å². The van der Waals surface area contributed by atoms with Crippen molar-refractivity contribution in [1.29, 1.82) is 48.7 Å². The number of amides is 11. The molecule has 56 nitrogen and oxygen atoms in total. The average molecular weight is 1870 g/mol. The maximum Gasteiger partial charge on any atom is 0.490 e. The minimum absolute atomic E-state index is 0.00646. The summed E-state index contributed by atoms with van der Waals surface area (Å²) in [5.41, 5.74) is 61.2. The molecule has 11 atom stereocenters. The quantitative estimate of drug-likeness (QED) is 0.00719. The molecule has 11 unspecified atom stereocenters. The van der Waals surface area contributed by atoms with Crippen LogP contribution in [-0.4, -0.2) is 277 Å². The van der Waals surface area contributed by atoms with Gasteiger partial charge in [0, 0.05) is 76.9 Å². The molecule has 0 aliphatic carbocycles. The van der Waals surface area contributed by atoms with E-state index in [1.807, 2.05) is 0 Å². The van der Waals surface area contributed by atoms with Gasteiger partial charge in [0.1, 0.15) is 60.4 Å². The summed E-state index contributed by atoms with van der Waals surface area (Å²) < 4.78 is 31.7. The van der Waals surface area contributed by atoms with E-state index in [1.165, 1.54) is 25.3 Å². The van der Waals surface area contributed by atoms with Gasteiger partial charge in [-0.25, -0.2) is 9.78 Å². The molecule has 0 radical (unpaired) electrons. The number of nitrogens with two attached hydrogens (primary N) is 11. The summed E-state index contributed by atoms with van der Waals surface area (Å²) in [6.45, 7) is 1.14. The van der Waals surface area contributed by atoms with E-state index < -0.39 is 196 Å². The fraction of sp³-hybridized carbons (Fsp3) is 0.612. The van der Waals surface area contributed by atoms with E-state index in [-0.39, 0.29) is 197 Å². The van der Waals surface area contributed by atoms with Crippen molar-refractivity contribution in [3.8, 4) is 0 Å². The Bertz CT molecular complexity index is 3920. The Morgan fingerprint density at radius 2 is 0.586 bits per heavy atom. The molecule has 0 aliphatic rings. The van der Waals surface area contributed by atoms with Crippen LogP contribution in [0.1, 0.15) is 122 Å². The lowest BCUT2D eigenvalue weighted by Crippen LogP contribution is -2.61. The largest absolute Gasteiger partial charge is 0.490 e. The molecule has 0 fully saturated rings. The number of rotatable bonds is 62. The number of carbonyl (C=O) groups is 12. The highest BCUT2D eigenvalue weighted by molar-refractivity contribution is 8.76. The van der Waals surface area contributed by atoms with E-state index in [4.69, 9.17) is 122 Å². The first-order valence-corrected chi connectivity index (χ1v) is 41.9. The molecule has 1 heterocycles. The molecule has 0 saturated carbocycles. The number of nitro groups is 1. The van der Waals surface area contributed by atoms with Crippen LogP contribution in [0.5, 0.6) is 0 Å².